The largest absolute Gasteiger partial charge is 0.390 e. The van der Waals surface area contributed by atoms with Crippen LogP contribution in [0.25, 0.3) is 20.8 Å². The molecule has 6 rings (SSSR count). The van der Waals surface area contributed by atoms with E-state index in [1.807, 2.05) is 20.0 Å². The highest BCUT2D eigenvalue weighted by molar-refractivity contribution is 7.21. The number of nitrogens with zero attached hydrogens (tertiary/aromatic N) is 4. The molecule has 2 unspecified atom stereocenters. The van der Waals surface area contributed by atoms with Crippen molar-refractivity contribution in [2.75, 3.05) is 17.2 Å². The summed E-state index contributed by atoms with van der Waals surface area (Å²) in [7, 11) is 0. The Hall–Kier alpha value is -2.32. The topological polar surface area (TPSA) is 95.9 Å². The molecule has 0 spiro atoms. The van der Waals surface area contributed by atoms with Crippen LogP contribution in [0.5, 0.6) is 0 Å². The average molecular weight is 479 g/mol. The standard InChI is InChI=1S/C26H34N6OS/c1-14-20(24-31-22-19(34-24)10-11-27-21(22)16-6-7-16)23(32-25(29-14)28-13-15-4-5-15)30-18-9-8-17(12-18)26(2,3)33/h10-11,15-18,33H,4-9,12-13H2,1-3H3,(H2,28,29,30,32). The third-order valence-electron chi connectivity index (χ3n) is 7.62. The Morgan fingerprint density at radius 3 is 2.62 bits per heavy atom. The summed E-state index contributed by atoms with van der Waals surface area (Å²) >= 11 is 1.70. The maximum absolute atomic E-state index is 10.5. The number of aromatic nitrogens is 4. The highest BCUT2D eigenvalue weighted by Crippen LogP contribution is 2.45. The Morgan fingerprint density at radius 1 is 1.09 bits per heavy atom. The van der Waals surface area contributed by atoms with Crippen molar-refractivity contribution < 1.29 is 5.11 Å². The highest BCUT2D eigenvalue weighted by atomic mass is 32.1. The first-order valence-corrected chi connectivity index (χ1v) is 13.5. The molecular formula is C26H34N6OS. The van der Waals surface area contributed by atoms with Crippen LogP contribution in [0.15, 0.2) is 12.3 Å². The van der Waals surface area contributed by atoms with Crippen molar-refractivity contribution >= 4 is 33.3 Å². The third kappa shape index (κ3) is 4.50. The normalized spacial score (nSPS) is 22.9. The summed E-state index contributed by atoms with van der Waals surface area (Å²) in [6.07, 6.45) is 9.89. The molecule has 34 heavy (non-hydrogen) atoms. The van der Waals surface area contributed by atoms with E-state index >= 15 is 0 Å². The van der Waals surface area contributed by atoms with E-state index in [9.17, 15) is 5.11 Å². The lowest BCUT2D eigenvalue weighted by molar-refractivity contribution is 0.0197. The number of aliphatic hydroxyl groups is 1. The minimum Gasteiger partial charge on any atom is -0.390 e. The molecule has 3 heterocycles. The maximum Gasteiger partial charge on any atom is 0.224 e. The van der Waals surface area contributed by atoms with Crippen LogP contribution in [0.2, 0.25) is 0 Å². The van der Waals surface area contributed by atoms with Crippen molar-refractivity contribution in [1.29, 1.82) is 0 Å². The summed E-state index contributed by atoms with van der Waals surface area (Å²) in [5, 5.41) is 18.7. The van der Waals surface area contributed by atoms with Gasteiger partial charge in [-0.3, -0.25) is 4.98 Å². The molecule has 7 nitrogen and oxygen atoms in total. The van der Waals surface area contributed by atoms with E-state index in [4.69, 9.17) is 15.0 Å². The summed E-state index contributed by atoms with van der Waals surface area (Å²) in [5.41, 5.74) is 3.45. The molecule has 3 aliphatic carbocycles. The van der Waals surface area contributed by atoms with Gasteiger partial charge >= 0.3 is 0 Å². The molecule has 3 saturated carbocycles. The van der Waals surface area contributed by atoms with Crippen molar-refractivity contribution in [1.82, 2.24) is 19.9 Å². The number of anilines is 2. The quantitative estimate of drug-likeness (QED) is 0.393. The van der Waals surface area contributed by atoms with Crippen molar-refractivity contribution in [3.05, 3.63) is 23.7 Å². The summed E-state index contributed by atoms with van der Waals surface area (Å²) < 4.78 is 1.18. The Balaban J connectivity index is 1.36. The number of hydrogen-bond acceptors (Lipinski definition) is 8. The van der Waals surface area contributed by atoms with E-state index in [1.165, 1.54) is 30.4 Å². The van der Waals surface area contributed by atoms with Gasteiger partial charge in [0, 0.05) is 24.7 Å². The van der Waals surface area contributed by atoms with Crippen LogP contribution in [-0.2, 0) is 0 Å². The minimum absolute atomic E-state index is 0.277. The van der Waals surface area contributed by atoms with E-state index in [0.717, 1.165) is 65.0 Å². The van der Waals surface area contributed by atoms with Crippen molar-refractivity contribution in [3.8, 4) is 10.6 Å². The molecule has 0 aliphatic heterocycles. The fourth-order valence-electron chi connectivity index (χ4n) is 5.15. The smallest absolute Gasteiger partial charge is 0.224 e. The highest BCUT2D eigenvalue weighted by Gasteiger charge is 2.35. The molecule has 2 atom stereocenters. The summed E-state index contributed by atoms with van der Waals surface area (Å²) in [6, 6.07) is 2.35. The molecule has 8 heteroatoms. The van der Waals surface area contributed by atoms with Crippen LogP contribution < -0.4 is 10.6 Å². The van der Waals surface area contributed by atoms with Crippen molar-refractivity contribution in [2.24, 2.45) is 11.8 Å². The number of thiazole rings is 1. The van der Waals surface area contributed by atoms with Crippen LogP contribution in [0.3, 0.4) is 0 Å². The molecule has 180 valence electrons. The van der Waals surface area contributed by atoms with Crippen LogP contribution in [0, 0.1) is 18.8 Å². The summed E-state index contributed by atoms with van der Waals surface area (Å²) in [4.78, 5) is 19.5. The second-order valence-corrected chi connectivity index (χ2v) is 12.1. The SMILES string of the molecule is Cc1nc(NCC2CC2)nc(NC2CCC(C(C)(C)O)C2)c1-c1nc2c(C3CC3)nccc2s1. The first-order valence-electron chi connectivity index (χ1n) is 12.7. The number of nitrogens with one attached hydrogen (secondary N) is 2. The summed E-state index contributed by atoms with van der Waals surface area (Å²) in [6.45, 7) is 6.84. The Morgan fingerprint density at radius 2 is 1.91 bits per heavy atom. The van der Waals surface area contributed by atoms with Gasteiger partial charge in [-0.25, -0.2) is 9.97 Å². The molecule has 3 fully saturated rings. The van der Waals surface area contributed by atoms with Gasteiger partial charge in [-0.1, -0.05) is 0 Å². The molecule has 0 radical (unpaired) electrons. The summed E-state index contributed by atoms with van der Waals surface area (Å²) in [5.74, 6) is 3.14. The van der Waals surface area contributed by atoms with Gasteiger partial charge in [0.25, 0.3) is 0 Å². The van der Waals surface area contributed by atoms with Gasteiger partial charge in [0.05, 0.1) is 27.3 Å². The molecule has 3 aromatic rings. The van der Waals surface area contributed by atoms with Crippen LogP contribution in [-0.4, -0.2) is 43.2 Å². The van der Waals surface area contributed by atoms with Crippen molar-refractivity contribution in [3.63, 3.8) is 0 Å². The average Bonchev–Trinajstić information content (AvgIpc) is 3.70. The lowest BCUT2D eigenvalue weighted by atomic mass is 9.89. The first-order chi connectivity index (χ1) is 16.3. The number of hydrogen-bond donors (Lipinski definition) is 3. The zero-order chi connectivity index (χ0) is 23.4. The Bertz CT molecular complexity index is 1210. The zero-order valence-electron chi connectivity index (χ0n) is 20.3. The van der Waals surface area contributed by atoms with Gasteiger partial charge < -0.3 is 15.7 Å². The van der Waals surface area contributed by atoms with Gasteiger partial charge in [-0.2, -0.15) is 4.98 Å². The molecule has 3 aromatic heterocycles. The molecule has 0 amide bonds. The predicted molar refractivity (Wildman–Crippen MR) is 137 cm³/mol. The van der Waals surface area contributed by atoms with Crippen LogP contribution in [0.1, 0.15) is 76.1 Å². The first kappa shape index (κ1) is 22.2. The fraction of sp³-hybridized carbons (Fsp3) is 0.615. The molecule has 3 N–H and O–H groups in total. The number of aryl methyl sites for hydroxylation is 1. The fourth-order valence-corrected chi connectivity index (χ4v) is 6.22. The number of pyridine rings is 1. The second kappa shape index (κ2) is 8.41. The lowest BCUT2D eigenvalue weighted by Crippen LogP contribution is -2.30. The zero-order valence-corrected chi connectivity index (χ0v) is 21.1. The van der Waals surface area contributed by atoms with Crippen molar-refractivity contribution in [2.45, 2.75) is 83.3 Å². The predicted octanol–water partition coefficient (Wildman–Crippen LogP) is 5.51. The molecule has 0 bridgehead atoms. The number of fused-ring (bicyclic) bond motifs is 1. The Kier molecular flexibility index (Phi) is 5.48. The van der Waals surface area contributed by atoms with Crippen LogP contribution in [0.4, 0.5) is 11.8 Å². The molecule has 0 aromatic carbocycles. The van der Waals surface area contributed by atoms with E-state index in [-0.39, 0.29) is 6.04 Å². The van der Waals surface area contributed by atoms with E-state index in [1.54, 1.807) is 11.3 Å². The molecule has 0 saturated heterocycles. The Labute approximate surface area is 204 Å². The maximum atomic E-state index is 10.5. The van der Waals surface area contributed by atoms with E-state index < -0.39 is 5.60 Å². The van der Waals surface area contributed by atoms with Gasteiger partial charge in [0.1, 0.15) is 16.3 Å². The van der Waals surface area contributed by atoms with E-state index in [0.29, 0.717) is 17.8 Å². The monoisotopic (exact) mass is 478 g/mol. The van der Waals surface area contributed by atoms with Gasteiger partial charge in [-0.15, -0.1) is 11.3 Å². The third-order valence-corrected chi connectivity index (χ3v) is 8.66. The molecule has 3 aliphatic rings. The van der Waals surface area contributed by atoms with Crippen LogP contribution >= 0.6 is 11.3 Å². The molecular weight excluding hydrogens is 444 g/mol. The minimum atomic E-state index is -0.656. The van der Waals surface area contributed by atoms with E-state index in [2.05, 4.69) is 28.6 Å². The van der Waals surface area contributed by atoms with Gasteiger partial charge in [0.2, 0.25) is 5.95 Å². The van der Waals surface area contributed by atoms with Gasteiger partial charge in [0.15, 0.2) is 0 Å². The van der Waals surface area contributed by atoms with Gasteiger partial charge in [-0.05, 0) is 83.6 Å². The number of rotatable bonds is 8. The second-order valence-electron chi connectivity index (χ2n) is 11.0. The lowest BCUT2D eigenvalue weighted by Gasteiger charge is -2.25.